The summed E-state index contributed by atoms with van der Waals surface area (Å²) in [5, 5.41) is 20.5. The molecular weight excluding hydrogens is 431 g/mol. The molecule has 7 heteroatoms. The van der Waals surface area contributed by atoms with Crippen molar-refractivity contribution in [2.24, 2.45) is 5.73 Å². The summed E-state index contributed by atoms with van der Waals surface area (Å²) >= 11 is 0. The smallest absolute Gasteiger partial charge is 0.165 e. The maximum absolute atomic E-state index is 14.6. The van der Waals surface area contributed by atoms with Crippen LogP contribution < -0.4 is 15.4 Å². The summed E-state index contributed by atoms with van der Waals surface area (Å²) in [5.74, 6) is -0.382. The Morgan fingerprint density at radius 2 is 1.79 bits per heavy atom. The van der Waals surface area contributed by atoms with Gasteiger partial charge in [-0.3, -0.25) is 0 Å². The number of nitriles is 1. The molecule has 1 saturated heterocycles. The van der Waals surface area contributed by atoms with E-state index in [0.717, 1.165) is 48.2 Å². The van der Waals surface area contributed by atoms with E-state index in [1.807, 2.05) is 28.8 Å². The molecule has 2 heterocycles. The van der Waals surface area contributed by atoms with E-state index in [1.165, 1.54) is 13.2 Å². The fraction of sp³-hybridized carbons (Fsp3) is 0.222. The molecule has 4 aromatic rings. The Bertz CT molecular complexity index is 1410. The average Bonchev–Trinajstić information content (AvgIpc) is 3.23. The van der Waals surface area contributed by atoms with Crippen LogP contribution in [-0.2, 0) is 0 Å². The van der Waals surface area contributed by atoms with Gasteiger partial charge in [0, 0.05) is 47.5 Å². The Balaban J connectivity index is 1.68. The molecule has 3 aromatic carbocycles. The molecule has 0 bridgehead atoms. The Hall–Kier alpha value is -4.02. The Labute approximate surface area is 197 Å². The van der Waals surface area contributed by atoms with Gasteiger partial charge in [-0.2, -0.15) is 5.26 Å². The van der Waals surface area contributed by atoms with Crippen molar-refractivity contribution in [3.8, 4) is 34.5 Å². The van der Waals surface area contributed by atoms with Gasteiger partial charge in [0.2, 0.25) is 0 Å². The topological polar surface area (TPSA) is 87.4 Å². The van der Waals surface area contributed by atoms with E-state index in [2.05, 4.69) is 17.0 Å². The lowest BCUT2D eigenvalue weighted by Crippen LogP contribution is -2.39. The number of methoxy groups -OCH3 is 1. The van der Waals surface area contributed by atoms with Crippen molar-refractivity contribution in [1.82, 2.24) is 4.57 Å². The third-order valence-electron chi connectivity index (χ3n) is 6.50. The van der Waals surface area contributed by atoms with Crippen molar-refractivity contribution in [3.05, 3.63) is 72.0 Å². The SMILES string of the molecule is COc1ccc(-c2cc3cc(N4CCC(N)CC4)ccc3n2-c2ccc(C#N)c(O)c2)cc1F. The van der Waals surface area contributed by atoms with Gasteiger partial charge < -0.3 is 25.0 Å². The van der Waals surface area contributed by atoms with Gasteiger partial charge in [0.1, 0.15) is 11.8 Å². The van der Waals surface area contributed by atoms with Crippen LogP contribution in [0.5, 0.6) is 11.5 Å². The number of aromatic hydroxyl groups is 1. The lowest BCUT2D eigenvalue weighted by molar-refractivity contribution is 0.386. The van der Waals surface area contributed by atoms with Crippen molar-refractivity contribution in [1.29, 1.82) is 5.26 Å². The first-order valence-electron chi connectivity index (χ1n) is 11.2. The number of benzene rings is 3. The molecule has 172 valence electrons. The summed E-state index contributed by atoms with van der Waals surface area (Å²) in [7, 11) is 1.43. The Kier molecular flexibility index (Phi) is 5.60. The average molecular weight is 457 g/mol. The third kappa shape index (κ3) is 3.82. The van der Waals surface area contributed by atoms with Gasteiger partial charge in [0.05, 0.1) is 23.9 Å². The Morgan fingerprint density at radius 1 is 1.03 bits per heavy atom. The number of phenols is 1. The number of phenolic OH excluding ortho intramolecular Hbond substituents is 1. The van der Waals surface area contributed by atoms with Crippen LogP contribution in [0.1, 0.15) is 18.4 Å². The van der Waals surface area contributed by atoms with E-state index in [4.69, 9.17) is 10.5 Å². The molecule has 1 aliphatic heterocycles. The predicted octanol–water partition coefficient (Wildman–Crippen LogP) is 4.95. The number of anilines is 1. The van der Waals surface area contributed by atoms with Crippen molar-refractivity contribution in [2.75, 3.05) is 25.1 Å². The van der Waals surface area contributed by atoms with Crippen LogP contribution in [0.2, 0.25) is 0 Å². The molecule has 3 N–H and O–H groups in total. The molecule has 0 aliphatic carbocycles. The number of aromatic nitrogens is 1. The number of nitrogens with zero attached hydrogens (tertiary/aromatic N) is 3. The zero-order chi connectivity index (χ0) is 23.8. The summed E-state index contributed by atoms with van der Waals surface area (Å²) in [4.78, 5) is 2.33. The number of halogens is 1. The summed E-state index contributed by atoms with van der Waals surface area (Å²) in [6, 6.07) is 20.3. The van der Waals surface area contributed by atoms with E-state index in [9.17, 15) is 14.8 Å². The standard InChI is InChI=1S/C27H25FN4O2/c1-34-27-7-3-17(13-23(27)28)25-14-19-12-21(31-10-8-20(30)9-11-31)5-6-24(19)32(25)22-4-2-18(16-29)26(33)15-22/h2-7,12-15,20,33H,8-11,30H2,1H3. The summed E-state index contributed by atoms with van der Waals surface area (Å²) in [6.07, 6.45) is 1.92. The fourth-order valence-corrected chi connectivity index (χ4v) is 4.63. The van der Waals surface area contributed by atoms with Crippen LogP contribution in [0.25, 0.3) is 27.8 Å². The van der Waals surface area contributed by atoms with Crippen LogP contribution in [0, 0.1) is 17.1 Å². The van der Waals surface area contributed by atoms with Gasteiger partial charge in [-0.05, 0) is 67.4 Å². The predicted molar refractivity (Wildman–Crippen MR) is 131 cm³/mol. The number of hydrogen-bond acceptors (Lipinski definition) is 5. The molecule has 1 aliphatic rings. The third-order valence-corrected chi connectivity index (χ3v) is 6.50. The molecule has 0 amide bonds. The molecule has 0 radical (unpaired) electrons. The second-order valence-corrected chi connectivity index (χ2v) is 8.60. The van der Waals surface area contributed by atoms with Gasteiger partial charge in [0.15, 0.2) is 11.6 Å². The second kappa shape index (κ2) is 8.73. The molecule has 1 aromatic heterocycles. The minimum atomic E-state index is -0.454. The normalized spacial score (nSPS) is 14.4. The van der Waals surface area contributed by atoms with Crippen LogP contribution in [0.4, 0.5) is 10.1 Å². The van der Waals surface area contributed by atoms with E-state index >= 15 is 0 Å². The fourth-order valence-electron chi connectivity index (χ4n) is 4.63. The lowest BCUT2D eigenvalue weighted by atomic mass is 10.1. The van der Waals surface area contributed by atoms with Gasteiger partial charge in [-0.1, -0.05) is 0 Å². The van der Waals surface area contributed by atoms with Crippen molar-refractivity contribution in [3.63, 3.8) is 0 Å². The number of rotatable bonds is 4. The van der Waals surface area contributed by atoms with Crippen molar-refractivity contribution < 1.29 is 14.2 Å². The van der Waals surface area contributed by atoms with Gasteiger partial charge in [-0.25, -0.2) is 4.39 Å². The minimum Gasteiger partial charge on any atom is -0.506 e. The molecule has 0 atom stereocenters. The number of hydrogen-bond donors (Lipinski definition) is 2. The minimum absolute atomic E-state index is 0.102. The van der Waals surface area contributed by atoms with Crippen LogP contribution >= 0.6 is 0 Å². The van der Waals surface area contributed by atoms with Gasteiger partial charge in [-0.15, -0.1) is 0 Å². The van der Waals surface area contributed by atoms with Gasteiger partial charge in [0.25, 0.3) is 0 Å². The van der Waals surface area contributed by atoms with Crippen molar-refractivity contribution in [2.45, 2.75) is 18.9 Å². The van der Waals surface area contributed by atoms with E-state index in [0.29, 0.717) is 11.3 Å². The zero-order valence-corrected chi connectivity index (χ0v) is 18.8. The van der Waals surface area contributed by atoms with E-state index < -0.39 is 5.82 Å². The lowest BCUT2D eigenvalue weighted by Gasteiger charge is -2.32. The van der Waals surface area contributed by atoms with Crippen LogP contribution in [0.15, 0.2) is 60.7 Å². The molecule has 1 fully saturated rings. The first-order valence-corrected chi connectivity index (χ1v) is 11.2. The maximum atomic E-state index is 14.6. The highest BCUT2D eigenvalue weighted by atomic mass is 19.1. The van der Waals surface area contributed by atoms with Crippen LogP contribution in [-0.4, -0.2) is 35.9 Å². The molecule has 0 unspecified atom stereocenters. The largest absolute Gasteiger partial charge is 0.506 e. The van der Waals surface area contributed by atoms with E-state index in [1.54, 1.807) is 24.3 Å². The highest BCUT2D eigenvalue weighted by Gasteiger charge is 2.19. The highest BCUT2D eigenvalue weighted by Crippen LogP contribution is 2.36. The quantitative estimate of drug-likeness (QED) is 0.454. The van der Waals surface area contributed by atoms with Crippen LogP contribution in [0.3, 0.4) is 0 Å². The Morgan fingerprint density at radius 3 is 2.47 bits per heavy atom. The zero-order valence-electron chi connectivity index (χ0n) is 18.8. The first-order chi connectivity index (χ1) is 16.5. The molecule has 34 heavy (non-hydrogen) atoms. The number of fused-ring (bicyclic) bond motifs is 1. The number of nitrogens with two attached hydrogens (primary N) is 1. The maximum Gasteiger partial charge on any atom is 0.165 e. The second-order valence-electron chi connectivity index (χ2n) is 8.60. The monoisotopic (exact) mass is 456 g/mol. The molecule has 0 saturated carbocycles. The van der Waals surface area contributed by atoms with E-state index in [-0.39, 0.29) is 23.1 Å². The molecule has 6 nitrogen and oxygen atoms in total. The summed E-state index contributed by atoms with van der Waals surface area (Å²) in [6.45, 7) is 1.82. The molecular formula is C27H25FN4O2. The first kappa shape index (κ1) is 21.8. The van der Waals surface area contributed by atoms with Gasteiger partial charge >= 0.3 is 0 Å². The molecule has 0 spiro atoms. The summed E-state index contributed by atoms with van der Waals surface area (Å²) < 4.78 is 21.6. The van der Waals surface area contributed by atoms with Crippen molar-refractivity contribution >= 4 is 16.6 Å². The number of piperidine rings is 1. The molecule has 5 rings (SSSR count). The highest BCUT2D eigenvalue weighted by molar-refractivity contribution is 5.91. The summed E-state index contributed by atoms with van der Waals surface area (Å²) in [5.41, 5.74) is 10.4. The number of ether oxygens (including phenoxy) is 1.